The van der Waals surface area contributed by atoms with Gasteiger partial charge in [0.25, 0.3) is 0 Å². The van der Waals surface area contributed by atoms with Crippen molar-refractivity contribution in [1.29, 1.82) is 0 Å². The molecule has 4 N–H and O–H groups in total. The summed E-state index contributed by atoms with van der Waals surface area (Å²) in [7, 11) is -3.16. The lowest BCUT2D eigenvalue weighted by Gasteiger charge is -2.10. The van der Waals surface area contributed by atoms with Gasteiger partial charge >= 0.3 is 0 Å². The zero-order chi connectivity index (χ0) is 18.9. The number of benzene rings is 1. The fourth-order valence-electron chi connectivity index (χ4n) is 3.11. The highest BCUT2D eigenvalue weighted by molar-refractivity contribution is 7.88. The van der Waals surface area contributed by atoms with Crippen molar-refractivity contribution in [2.24, 2.45) is 0 Å². The average Bonchev–Trinajstić information content (AvgIpc) is 2.93. The van der Waals surface area contributed by atoms with Crippen LogP contribution < -0.4 is 10.5 Å². The van der Waals surface area contributed by atoms with Crippen molar-refractivity contribution in [3.8, 4) is 5.75 Å². The second-order valence-corrected chi connectivity index (χ2v) is 8.14. The topological polar surface area (TPSA) is 123 Å². The van der Waals surface area contributed by atoms with Crippen molar-refractivity contribution in [3.05, 3.63) is 24.0 Å². The van der Waals surface area contributed by atoms with Crippen LogP contribution in [-0.2, 0) is 23.0 Å². The molecule has 2 aromatic heterocycles. The molecule has 0 atom stereocenters. The number of aromatic hydroxyl groups is 1. The maximum Gasteiger partial charge on any atom is 0.208 e. The van der Waals surface area contributed by atoms with Gasteiger partial charge in [-0.25, -0.2) is 23.1 Å². The molecule has 0 aliphatic rings. The molecule has 1 aromatic carbocycles. The minimum atomic E-state index is -3.16. The van der Waals surface area contributed by atoms with Crippen LogP contribution in [0.5, 0.6) is 5.75 Å². The van der Waals surface area contributed by atoms with Crippen molar-refractivity contribution in [2.75, 3.05) is 18.5 Å². The number of nitrogens with two attached hydrogens (primary N) is 1. The number of nitrogens with zero attached hydrogens (tertiary/aromatic N) is 3. The van der Waals surface area contributed by atoms with E-state index in [-0.39, 0.29) is 5.75 Å². The summed E-state index contributed by atoms with van der Waals surface area (Å²) in [5.41, 5.74) is 8.28. The van der Waals surface area contributed by atoms with Gasteiger partial charge in [-0.2, -0.15) is 0 Å². The maximum absolute atomic E-state index is 11.1. The van der Waals surface area contributed by atoms with E-state index in [1.54, 1.807) is 12.1 Å². The zero-order valence-electron chi connectivity index (χ0n) is 14.9. The standard InChI is InChI=1S/C17H23N5O3S/c1-3-14-21-15-16(22(14)9-5-4-8-19-26(2,24)25)12-7-6-11(23)10-13(12)20-17(15)18/h6-7,10,19,23H,3-5,8-9H2,1-2H3,(H2,18,20). The quantitative estimate of drug-likeness (QED) is 0.539. The Hall–Kier alpha value is -2.39. The van der Waals surface area contributed by atoms with Crippen LogP contribution in [-0.4, -0.2) is 40.9 Å². The Kier molecular flexibility index (Phi) is 5.01. The van der Waals surface area contributed by atoms with E-state index in [0.29, 0.717) is 29.9 Å². The number of aryl methyl sites for hydroxylation is 2. The van der Waals surface area contributed by atoms with Gasteiger partial charge in [-0.3, -0.25) is 0 Å². The predicted octanol–water partition coefficient (Wildman–Crippen LogP) is 1.76. The van der Waals surface area contributed by atoms with E-state index >= 15 is 0 Å². The van der Waals surface area contributed by atoms with Crippen molar-refractivity contribution in [1.82, 2.24) is 19.3 Å². The Bertz CT molecular complexity index is 1060. The van der Waals surface area contributed by atoms with E-state index in [2.05, 4.69) is 19.3 Å². The third-order valence-electron chi connectivity index (χ3n) is 4.26. The second kappa shape index (κ2) is 7.08. The number of phenolic OH excluding ortho intramolecular Hbond substituents is 1. The monoisotopic (exact) mass is 377 g/mol. The molecule has 3 rings (SSSR count). The van der Waals surface area contributed by atoms with Gasteiger partial charge in [-0.1, -0.05) is 6.92 Å². The molecule has 0 unspecified atom stereocenters. The van der Waals surface area contributed by atoms with E-state index in [4.69, 9.17) is 5.73 Å². The van der Waals surface area contributed by atoms with E-state index in [0.717, 1.165) is 42.2 Å². The molecule has 0 spiro atoms. The summed E-state index contributed by atoms with van der Waals surface area (Å²) >= 11 is 0. The van der Waals surface area contributed by atoms with E-state index < -0.39 is 10.0 Å². The molecule has 0 amide bonds. The molecule has 9 heteroatoms. The molecule has 8 nitrogen and oxygen atoms in total. The van der Waals surface area contributed by atoms with Crippen molar-refractivity contribution >= 4 is 37.8 Å². The highest BCUT2D eigenvalue weighted by Gasteiger charge is 2.16. The van der Waals surface area contributed by atoms with Crippen LogP contribution in [0.3, 0.4) is 0 Å². The van der Waals surface area contributed by atoms with Crippen LogP contribution in [0.15, 0.2) is 18.2 Å². The summed E-state index contributed by atoms with van der Waals surface area (Å²) in [6.45, 7) is 3.14. The maximum atomic E-state index is 11.1. The molecule has 0 bridgehead atoms. The molecule has 26 heavy (non-hydrogen) atoms. The van der Waals surface area contributed by atoms with Gasteiger partial charge in [-0.05, 0) is 25.0 Å². The first-order valence-electron chi connectivity index (χ1n) is 8.52. The zero-order valence-corrected chi connectivity index (χ0v) is 15.7. The van der Waals surface area contributed by atoms with Gasteiger partial charge in [0, 0.05) is 31.0 Å². The Morgan fingerprint density at radius 1 is 1.27 bits per heavy atom. The van der Waals surface area contributed by atoms with E-state index in [1.807, 2.05) is 13.0 Å². The molecule has 0 saturated heterocycles. The minimum Gasteiger partial charge on any atom is -0.508 e. The summed E-state index contributed by atoms with van der Waals surface area (Å²) in [6.07, 6.45) is 3.41. The molecule has 0 radical (unpaired) electrons. The summed E-state index contributed by atoms with van der Waals surface area (Å²) in [5.74, 6) is 1.38. The minimum absolute atomic E-state index is 0.136. The molecule has 0 aliphatic heterocycles. The number of sulfonamides is 1. The number of fused-ring (bicyclic) bond motifs is 3. The lowest BCUT2D eigenvalue weighted by Crippen LogP contribution is -2.23. The molecule has 0 fully saturated rings. The van der Waals surface area contributed by atoms with Crippen LogP contribution in [0.4, 0.5) is 5.82 Å². The first-order valence-corrected chi connectivity index (χ1v) is 10.4. The van der Waals surface area contributed by atoms with Gasteiger partial charge in [0.1, 0.15) is 17.1 Å². The normalized spacial score (nSPS) is 12.2. The number of hydrogen-bond donors (Lipinski definition) is 3. The number of anilines is 1. The molecule has 3 aromatic rings. The number of nitrogen functional groups attached to an aromatic ring is 1. The number of nitrogens with one attached hydrogen (secondary N) is 1. The molecule has 0 aliphatic carbocycles. The van der Waals surface area contributed by atoms with Crippen LogP contribution in [0.2, 0.25) is 0 Å². The number of unbranched alkanes of at least 4 members (excludes halogenated alkanes) is 1. The van der Waals surface area contributed by atoms with Gasteiger partial charge in [0.05, 0.1) is 17.3 Å². The summed E-state index contributed by atoms with van der Waals surface area (Å²) in [5, 5.41) is 10.6. The van der Waals surface area contributed by atoms with Crippen molar-refractivity contribution < 1.29 is 13.5 Å². The van der Waals surface area contributed by atoms with Crippen molar-refractivity contribution in [3.63, 3.8) is 0 Å². The molecule has 140 valence electrons. The Morgan fingerprint density at radius 2 is 2.04 bits per heavy atom. The smallest absolute Gasteiger partial charge is 0.208 e. The Morgan fingerprint density at radius 3 is 2.73 bits per heavy atom. The fourth-order valence-corrected chi connectivity index (χ4v) is 3.62. The van der Waals surface area contributed by atoms with Gasteiger partial charge in [0.15, 0.2) is 5.82 Å². The third-order valence-corrected chi connectivity index (χ3v) is 4.98. The second-order valence-electron chi connectivity index (χ2n) is 6.30. The Labute approximate surface area is 152 Å². The highest BCUT2D eigenvalue weighted by atomic mass is 32.2. The molecule has 0 saturated carbocycles. The first kappa shape index (κ1) is 18.4. The lowest BCUT2D eigenvalue weighted by molar-refractivity contribution is 0.476. The van der Waals surface area contributed by atoms with Crippen molar-refractivity contribution in [2.45, 2.75) is 32.7 Å². The van der Waals surface area contributed by atoms with Gasteiger partial charge < -0.3 is 15.4 Å². The summed E-state index contributed by atoms with van der Waals surface area (Å²) in [6, 6.07) is 5.03. The highest BCUT2D eigenvalue weighted by Crippen LogP contribution is 2.31. The average molecular weight is 377 g/mol. The SMILES string of the molecule is CCc1nc2c(N)nc3cc(O)ccc3c2n1CCCCNS(C)(=O)=O. The number of hydrogen-bond acceptors (Lipinski definition) is 6. The predicted molar refractivity (Wildman–Crippen MR) is 103 cm³/mol. The molecule has 2 heterocycles. The first-order chi connectivity index (χ1) is 12.3. The number of aromatic nitrogens is 3. The van der Waals surface area contributed by atoms with Gasteiger partial charge in [0.2, 0.25) is 10.0 Å². The molecular formula is C17H23N5O3S. The van der Waals surface area contributed by atoms with Crippen LogP contribution in [0.1, 0.15) is 25.6 Å². The van der Waals surface area contributed by atoms with Crippen LogP contribution in [0, 0.1) is 0 Å². The summed E-state index contributed by atoms with van der Waals surface area (Å²) in [4.78, 5) is 9.00. The van der Waals surface area contributed by atoms with Crippen LogP contribution in [0.25, 0.3) is 21.9 Å². The van der Waals surface area contributed by atoms with E-state index in [9.17, 15) is 13.5 Å². The number of imidazole rings is 1. The summed E-state index contributed by atoms with van der Waals surface area (Å²) < 4.78 is 26.9. The molecular weight excluding hydrogens is 354 g/mol. The van der Waals surface area contributed by atoms with Gasteiger partial charge in [-0.15, -0.1) is 0 Å². The Balaban J connectivity index is 1.96. The fraction of sp³-hybridized carbons (Fsp3) is 0.412. The van der Waals surface area contributed by atoms with E-state index in [1.165, 1.54) is 0 Å². The lowest BCUT2D eigenvalue weighted by atomic mass is 10.1. The third kappa shape index (κ3) is 3.73. The number of phenols is 1. The number of rotatable bonds is 7. The largest absolute Gasteiger partial charge is 0.508 e. The van der Waals surface area contributed by atoms with Crippen LogP contribution >= 0.6 is 0 Å². The number of pyridine rings is 1.